The largest absolute Gasteiger partial charge is 0.462 e. The summed E-state index contributed by atoms with van der Waals surface area (Å²) in [6.45, 7) is -0.259. The lowest BCUT2D eigenvalue weighted by molar-refractivity contribution is -0.155. The van der Waals surface area contributed by atoms with Crippen LogP contribution in [0.15, 0.2) is 30.3 Å². The van der Waals surface area contributed by atoms with E-state index in [2.05, 4.69) is 4.90 Å². The topological polar surface area (TPSA) is 70.0 Å². The van der Waals surface area contributed by atoms with E-state index in [1.54, 1.807) is 0 Å². The molecular formula is C17H23NO4. The van der Waals surface area contributed by atoms with Crippen molar-refractivity contribution in [2.75, 3.05) is 13.7 Å². The molecule has 22 heavy (non-hydrogen) atoms. The van der Waals surface area contributed by atoms with Crippen molar-refractivity contribution in [3.63, 3.8) is 0 Å². The number of piperidine rings is 1. The summed E-state index contributed by atoms with van der Waals surface area (Å²) in [7, 11) is 2.02. The molecule has 2 aliphatic heterocycles. The van der Waals surface area contributed by atoms with Crippen molar-refractivity contribution in [2.45, 2.75) is 49.5 Å². The van der Waals surface area contributed by atoms with Gasteiger partial charge in [-0.25, -0.2) is 0 Å². The van der Waals surface area contributed by atoms with Gasteiger partial charge in [0.15, 0.2) is 0 Å². The van der Waals surface area contributed by atoms with Gasteiger partial charge in [0.05, 0.1) is 12.7 Å². The average Bonchev–Trinajstić information content (AvgIpc) is 2.68. The van der Waals surface area contributed by atoms with Crippen molar-refractivity contribution in [1.29, 1.82) is 0 Å². The number of aliphatic hydroxyl groups excluding tert-OH is 2. The van der Waals surface area contributed by atoms with Crippen LogP contribution in [0.5, 0.6) is 0 Å². The molecule has 2 saturated heterocycles. The number of benzene rings is 1. The molecule has 2 fully saturated rings. The number of nitrogens with zero attached hydrogens (tertiary/aromatic N) is 1. The SMILES string of the molecule is CN1[C@H]2CC(OC(=O)[C@H](CO)c3ccccc3)C[C@@H]1[C@@H](O)C2. The minimum absolute atomic E-state index is 0.0702. The molecule has 0 radical (unpaired) electrons. The minimum atomic E-state index is -0.636. The van der Waals surface area contributed by atoms with Crippen LogP contribution >= 0.6 is 0 Å². The maximum atomic E-state index is 12.4. The highest BCUT2D eigenvalue weighted by atomic mass is 16.5. The predicted molar refractivity (Wildman–Crippen MR) is 81.3 cm³/mol. The van der Waals surface area contributed by atoms with Crippen molar-refractivity contribution in [2.24, 2.45) is 0 Å². The van der Waals surface area contributed by atoms with E-state index in [1.807, 2.05) is 37.4 Å². The third kappa shape index (κ3) is 2.89. The Bertz CT molecular complexity index is 521. The highest BCUT2D eigenvalue weighted by molar-refractivity contribution is 5.78. The van der Waals surface area contributed by atoms with Crippen LogP contribution < -0.4 is 0 Å². The van der Waals surface area contributed by atoms with Crippen molar-refractivity contribution < 1.29 is 19.7 Å². The Hall–Kier alpha value is -1.43. The van der Waals surface area contributed by atoms with Crippen LogP contribution in [0.3, 0.4) is 0 Å². The van der Waals surface area contributed by atoms with Gasteiger partial charge in [0.1, 0.15) is 12.0 Å². The van der Waals surface area contributed by atoms with Gasteiger partial charge in [-0.1, -0.05) is 30.3 Å². The molecule has 5 atom stereocenters. The molecule has 2 N–H and O–H groups in total. The lowest BCUT2D eigenvalue weighted by Crippen LogP contribution is -2.45. The van der Waals surface area contributed by atoms with Crippen molar-refractivity contribution >= 4 is 5.97 Å². The summed E-state index contributed by atoms with van der Waals surface area (Å²) in [6.07, 6.45) is 1.66. The zero-order chi connectivity index (χ0) is 15.7. The van der Waals surface area contributed by atoms with Gasteiger partial charge < -0.3 is 14.9 Å². The third-order valence-electron chi connectivity index (χ3n) is 5.05. The van der Waals surface area contributed by atoms with Gasteiger partial charge in [-0.2, -0.15) is 0 Å². The second kappa shape index (κ2) is 6.36. The zero-order valence-electron chi connectivity index (χ0n) is 12.8. The van der Waals surface area contributed by atoms with E-state index in [9.17, 15) is 15.0 Å². The fraction of sp³-hybridized carbons (Fsp3) is 0.588. The summed E-state index contributed by atoms with van der Waals surface area (Å²) >= 11 is 0. The van der Waals surface area contributed by atoms with Crippen LogP contribution in [0.4, 0.5) is 0 Å². The van der Waals surface area contributed by atoms with Crippen LogP contribution in [0.2, 0.25) is 0 Å². The lowest BCUT2D eigenvalue weighted by Gasteiger charge is -2.36. The summed E-state index contributed by atoms with van der Waals surface area (Å²) in [4.78, 5) is 14.6. The maximum absolute atomic E-state index is 12.4. The molecule has 5 nitrogen and oxygen atoms in total. The normalized spacial score (nSPS) is 32.7. The monoisotopic (exact) mass is 305 g/mol. The minimum Gasteiger partial charge on any atom is -0.462 e. The van der Waals surface area contributed by atoms with Crippen LogP contribution in [-0.2, 0) is 9.53 Å². The average molecular weight is 305 g/mol. The van der Waals surface area contributed by atoms with Gasteiger partial charge in [-0.05, 0) is 19.0 Å². The molecule has 0 aromatic heterocycles. The smallest absolute Gasteiger partial charge is 0.316 e. The summed E-state index contributed by atoms with van der Waals surface area (Å²) in [5, 5.41) is 19.6. The van der Waals surface area contributed by atoms with Crippen molar-refractivity contribution in [3.8, 4) is 0 Å². The highest BCUT2D eigenvalue weighted by Gasteiger charge is 2.45. The first-order valence-electron chi connectivity index (χ1n) is 7.86. The number of esters is 1. The predicted octanol–water partition coefficient (Wildman–Crippen LogP) is 0.902. The molecule has 1 aromatic rings. The van der Waals surface area contributed by atoms with E-state index in [0.29, 0.717) is 6.42 Å². The fourth-order valence-corrected chi connectivity index (χ4v) is 3.74. The van der Waals surface area contributed by atoms with E-state index in [0.717, 1.165) is 18.4 Å². The first-order valence-corrected chi connectivity index (χ1v) is 7.86. The second-order valence-corrected chi connectivity index (χ2v) is 6.37. The standard InChI is InChI=1S/C17H23NO4/c1-18-12-7-13(9-15(18)16(20)8-12)22-17(21)14(10-19)11-5-3-2-4-6-11/h2-6,12-16,19-20H,7-10H2,1H3/t12-,13?,14+,15+,16-/m0/s1. The van der Waals surface area contributed by atoms with E-state index in [4.69, 9.17) is 4.74 Å². The van der Waals surface area contributed by atoms with Crippen molar-refractivity contribution in [3.05, 3.63) is 35.9 Å². The number of aliphatic hydroxyl groups is 2. The van der Waals surface area contributed by atoms with Gasteiger partial charge in [0, 0.05) is 24.9 Å². The Morgan fingerprint density at radius 2 is 2.05 bits per heavy atom. The molecule has 0 saturated carbocycles. The number of carbonyl (C=O) groups is 1. The molecule has 1 unspecified atom stereocenters. The van der Waals surface area contributed by atoms with Gasteiger partial charge in [-0.3, -0.25) is 9.69 Å². The van der Waals surface area contributed by atoms with Gasteiger partial charge >= 0.3 is 5.97 Å². The van der Waals surface area contributed by atoms with Crippen LogP contribution in [-0.4, -0.2) is 59.0 Å². The van der Waals surface area contributed by atoms with Crippen LogP contribution in [0.1, 0.15) is 30.7 Å². The van der Waals surface area contributed by atoms with Crippen LogP contribution in [0, 0.1) is 0 Å². The Kier molecular flexibility index (Phi) is 4.47. The van der Waals surface area contributed by atoms with E-state index >= 15 is 0 Å². The Labute approximate surface area is 130 Å². The number of hydrogen-bond donors (Lipinski definition) is 2. The van der Waals surface area contributed by atoms with Gasteiger partial charge in [0.25, 0.3) is 0 Å². The molecule has 3 rings (SSSR count). The number of ether oxygens (including phenoxy) is 1. The quantitative estimate of drug-likeness (QED) is 0.809. The molecule has 0 spiro atoms. The van der Waals surface area contributed by atoms with E-state index in [-0.39, 0.29) is 36.9 Å². The molecule has 0 amide bonds. The summed E-state index contributed by atoms with van der Waals surface area (Å²) in [6, 6.07) is 9.56. The first kappa shape index (κ1) is 15.5. The molecule has 2 aliphatic rings. The van der Waals surface area contributed by atoms with Gasteiger partial charge in [0.2, 0.25) is 0 Å². The molecular weight excluding hydrogens is 282 g/mol. The van der Waals surface area contributed by atoms with Crippen LogP contribution in [0.25, 0.3) is 0 Å². The van der Waals surface area contributed by atoms with E-state index in [1.165, 1.54) is 0 Å². The number of hydrogen-bond acceptors (Lipinski definition) is 5. The molecule has 0 aliphatic carbocycles. The fourth-order valence-electron chi connectivity index (χ4n) is 3.74. The first-order chi connectivity index (χ1) is 10.6. The molecule has 2 heterocycles. The van der Waals surface area contributed by atoms with Crippen molar-refractivity contribution in [1.82, 2.24) is 4.90 Å². The van der Waals surface area contributed by atoms with Gasteiger partial charge in [-0.15, -0.1) is 0 Å². The number of fused-ring (bicyclic) bond motifs is 2. The zero-order valence-corrected chi connectivity index (χ0v) is 12.8. The summed E-state index contributed by atoms with van der Waals surface area (Å²) in [5.74, 6) is -1.01. The summed E-state index contributed by atoms with van der Waals surface area (Å²) in [5.41, 5.74) is 0.769. The summed E-state index contributed by atoms with van der Waals surface area (Å²) < 4.78 is 5.64. The third-order valence-corrected chi connectivity index (χ3v) is 5.05. The maximum Gasteiger partial charge on any atom is 0.316 e. The Balaban J connectivity index is 1.65. The second-order valence-electron chi connectivity index (χ2n) is 6.37. The lowest BCUT2D eigenvalue weighted by atomic mass is 9.98. The van der Waals surface area contributed by atoms with E-state index < -0.39 is 5.92 Å². The molecule has 5 heteroatoms. The number of carbonyl (C=O) groups excluding carboxylic acids is 1. The Morgan fingerprint density at radius 3 is 2.68 bits per heavy atom. The number of rotatable bonds is 4. The molecule has 120 valence electrons. The highest BCUT2D eigenvalue weighted by Crippen LogP contribution is 2.36. The molecule has 2 bridgehead atoms. The molecule has 1 aromatic carbocycles. The Morgan fingerprint density at radius 1 is 1.32 bits per heavy atom. The number of likely N-dealkylation sites (N-methyl/N-ethyl adjacent to an activating group) is 1.